The van der Waals surface area contributed by atoms with Crippen LogP contribution in [0.5, 0.6) is 0 Å². The summed E-state index contributed by atoms with van der Waals surface area (Å²) >= 11 is 0. The summed E-state index contributed by atoms with van der Waals surface area (Å²) in [5.74, 6) is -0.0804. The number of rotatable bonds is 4. The van der Waals surface area contributed by atoms with Crippen molar-refractivity contribution in [3.8, 4) is 0 Å². The fourth-order valence-electron chi connectivity index (χ4n) is 2.65. The second kappa shape index (κ2) is 7.40. The highest BCUT2D eigenvalue weighted by molar-refractivity contribution is 5.79. The van der Waals surface area contributed by atoms with Crippen molar-refractivity contribution in [3.63, 3.8) is 0 Å². The van der Waals surface area contributed by atoms with Crippen LogP contribution in [0.15, 0.2) is 24.3 Å². The number of carbonyl (C=O) groups excluding carboxylic acids is 2. The number of carbonyl (C=O) groups is 2. The smallest absolute Gasteiger partial charge is 0.225 e. The van der Waals surface area contributed by atoms with Crippen LogP contribution in [0.4, 0.5) is 0 Å². The molecule has 0 saturated carbocycles. The molecule has 5 heteroatoms. The Kier molecular flexibility index (Phi) is 5.55. The van der Waals surface area contributed by atoms with Crippen molar-refractivity contribution in [3.05, 3.63) is 35.4 Å². The SMILES string of the molecule is CC(=O)N[C@H](CC(=O)N1CCO[C@H](C)C1)c1ccc(C)cc1. The number of benzene rings is 1. The molecule has 2 rings (SSSR count). The molecular formula is C17H24N2O3. The zero-order chi connectivity index (χ0) is 16.1. The standard InChI is InChI=1S/C17H24N2O3/c1-12-4-6-15(7-5-12)16(18-14(3)20)10-17(21)19-8-9-22-13(2)11-19/h4-7,13,16H,8-11H2,1-3H3,(H,18,20)/t13-,16-/m1/s1. The third-order valence-electron chi connectivity index (χ3n) is 3.83. The van der Waals surface area contributed by atoms with E-state index in [4.69, 9.17) is 4.74 Å². The average molecular weight is 304 g/mol. The highest BCUT2D eigenvalue weighted by Gasteiger charge is 2.25. The van der Waals surface area contributed by atoms with Crippen molar-refractivity contribution in [1.29, 1.82) is 0 Å². The van der Waals surface area contributed by atoms with Crippen LogP contribution in [-0.2, 0) is 14.3 Å². The lowest BCUT2D eigenvalue weighted by Gasteiger charge is -2.32. The van der Waals surface area contributed by atoms with Gasteiger partial charge in [-0.2, -0.15) is 0 Å². The highest BCUT2D eigenvalue weighted by Crippen LogP contribution is 2.19. The second-order valence-corrected chi connectivity index (χ2v) is 5.89. The summed E-state index contributed by atoms with van der Waals surface area (Å²) in [6.45, 7) is 7.25. The molecule has 1 N–H and O–H groups in total. The zero-order valence-corrected chi connectivity index (χ0v) is 13.5. The highest BCUT2D eigenvalue weighted by atomic mass is 16.5. The molecule has 0 radical (unpaired) electrons. The van der Waals surface area contributed by atoms with E-state index >= 15 is 0 Å². The van der Waals surface area contributed by atoms with Gasteiger partial charge in [-0.05, 0) is 19.4 Å². The molecular weight excluding hydrogens is 280 g/mol. The predicted octanol–water partition coefficient (Wildman–Crippen LogP) is 1.81. The van der Waals surface area contributed by atoms with Crippen molar-refractivity contribution >= 4 is 11.8 Å². The van der Waals surface area contributed by atoms with Gasteiger partial charge in [0.1, 0.15) is 0 Å². The lowest BCUT2D eigenvalue weighted by molar-refractivity contribution is -0.138. The number of amides is 2. The van der Waals surface area contributed by atoms with E-state index in [1.807, 2.05) is 43.0 Å². The van der Waals surface area contributed by atoms with Gasteiger partial charge in [0.15, 0.2) is 0 Å². The van der Waals surface area contributed by atoms with E-state index in [9.17, 15) is 9.59 Å². The van der Waals surface area contributed by atoms with Crippen LogP contribution in [0.2, 0.25) is 0 Å². The first-order valence-corrected chi connectivity index (χ1v) is 7.68. The largest absolute Gasteiger partial charge is 0.375 e. The van der Waals surface area contributed by atoms with Crippen molar-refractivity contribution < 1.29 is 14.3 Å². The first kappa shape index (κ1) is 16.5. The molecule has 1 aromatic carbocycles. The fourth-order valence-corrected chi connectivity index (χ4v) is 2.65. The lowest BCUT2D eigenvalue weighted by Crippen LogP contribution is -2.45. The predicted molar refractivity (Wildman–Crippen MR) is 84.3 cm³/mol. The van der Waals surface area contributed by atoms with Crippen molar-refractivity contribution in [2.45, 2.75) is 39.3 Å². The van der Waals surface area contributed by atoms with Crippen LogP contribution >= 0.6 is 0 Å². The molecule has 0 spiro atoms. The third kappa shape index (κ3) is 4.56. The molecule has 5 nitrogen and oxygen atoms in total. The van der Waals surface area contributed by atoms with E-state index in [-0.39, 0.29) is 30.4 Å². The number of nitrogens with one attached hydrogen (secondary N) is 1. The first-order chi connectivity index (χ1) is 10.5. The lowest BCUT2D eigenvalue weighted by atomic mass is 10.0. The van der Waals surface area contributed by atoms with Crippen molar-refractivity contribution in [2.75, 3.05) is 19.7 Å². The maximum atomic E-state index is 12.5. The summed E-state index contributed by atoms with van der Waals surface area (Å²) in [5.41, 5.74) is 2.11. The first-order valence-electron chi connectivity index (χ1n) is 7.68. The summed E-state index contributed by atoms with van der Waals surface area (Å²) in [5, 5.41) is 2.88. The van der Waals surface area contributed by atoms with Gasteiger partial charge in [0, 0.05) is 20.0 Å². The molecule has 1 aromatic rings. The van der Waals surface area contributed by atoms with Gasteiger partial charge in [0.2, 0.25) is 11.8 Å². The third-order valence-corrected chi connectivity index (χ3v) is 3.83. The van der Waals surface area contributed by atoms with Gasteiger partial charge in [0.25, 0.3) is 0 Å². The van der Waals surface area contributed by atoms with Crippen molar-refractivity contribution in [2.24, 2.45) is 0 Å². The second-order valence-electron chi connectivity index (χ2n) is 5.89. The molecule has 1 aliphatic rings. The molecule has 1 saturated heterocycles. The monoisotopic (exact) mass is 304 g/mol. The number of nitrogens with zero attached hydrogens (tertiary/aromatic N) is 1. The molecule has 0 unspecified atom stereocenters. The number of hydrogen-bond donors (Lipinski definition) is 1. The molecule has 1 fully saturated rings. The van der Waals surface area contributed by atoms with E-state index in [1.54, 1.807) is 0 Å². The quantitative estimate of drug-likeness (QED) is 0.923. The molecule has 22 heavy (non-hydrogen) atoms. The van der Waals surface area contributed by atoms with Crippen LogP contribution in [-0.4, -0.2) is 42.5 Å². The van der Waals surface area contributed by atoms with E-state index in [2.05, 4.69) is 5.32 Å². The van der Waals surface area contributed by atoms with Gasteiger partial charge >= 0.3 is 0 Å². The number of morpholine rings is 1. The van der Waals surface area contributed by atoms with E-state index in [0.29, 0.717) is 19.7 Å². The normalized spacial score (nSPS) is 19.6. The van der Waals surface area contributed by atoms with E-state index in [1.165, 1.54) is 6.92 Å². The Morgan fingerprint density at radius 3 is 2.64 bits per heavy atom. The van der Waals surface area contributed by atoms with Gasteiger partial charge < -0.3 is 15.0 Å². The zero-order valence-electron chi connectivity index (χ0n) is 13.5. The van der Waals surface area contributed by atoms with Crippen LogP contribution in [0.3, 0.4) is 0 Å². The van der Waals surface area contributed by atoms with E-state index in [0.717, 1.165) is 11.1 Å². The molecule has 0 bridgehead atoms. The molecule has 1 aliphatic heterocycles. The van der Waals surface area contributed by atoms with Gasteiger partial charge in [-0.1, -0.05) is 29.8 Å². The van der Waals surface area contributed by atoms with Crippen LogP contribution in [0.1, 0.15) is 37.4 Å². The number of hydrogen-bond acceptors (Lipinski definition) is 3. The van der Waals surface area contributed by atoms with Gasteiger partial charge in [-0.25, -0.2) is 0 Å². The summed E-state index contributed by atoms with van der Waals surface area (Å²) < 4.78 is 5.46. The Bertz CT molecular complexity index is 527. The Morgan fingerprint density at radius 2 is 2.05 bits per heavy atom. The Hall–Kier alpha value is -1.88. The maximum Gasteiger partial charge on any atom is 0.225 e. The minimum absolute atomic E-state index is 0.0504. The Balaban J connectivity index is 2.07. The van der Waals surface area contributed by atoms with Gasteiger partial charge in [-0.15, -0.1) is 0 Å². The molecule has 2 atom stereocenters. The minimum Gasteiger partial charge on any atom is -0.375 e. The van der Waals surface area contributed by atoms with Crippen molar-refractivity contribution in [1.82, 2.24) is 10.2 Å². The summed E-state index contributed by atoms with van der Waals surface area (Å²) in [4.78, 5) is 25.8. The van der Waals surface area contributed by atoms with Gasteiger partial charge in [0.05, 0.1) is 25.2 Å². The fraction of sp³-hybridized carbons (Fsp3) is 0.529. The van der Waals surface area contributed by atoms with Crippen LogP contribution in [0, 0.1) is 6.92 Å². The number of ether oxygens (including phenoxy) is 1. The minimum atomic E-state index is -0.288. The molecule has 120 valence electrons. The number of aryl methyl sites for hydroxylation is 1. The summed E-state index contributed by atoms with van der Waals surface area (Å²) in [6, 6.07) is 7.62. The van der Waals surface area contributed by atoms with Gasteiger partial charge in [-0.3, -0.25) is 9.59 Å². The molecule has 1 heterocycles. The molecule has 0 aromatic heterocycles. The molecule has 2 amide bonds. The maximum absolute atomic E-state index is 12.5. The molecule has 0 aliphatic carbocycles. The Labute approximate surface area is 131 Å². The Morgan fingerprint density at radius 1 is 1.36 bits per heavy atom. The topological polar surface area (TPSA) is 58.6 Å². The summed E-state index contributed by atoms with van der Waals surface area (Å²) in [6.07, 6.45) is 0.339. The van der Waals surface area contributed by atoms with E-state index < -0.39 is 0 Å². The van der Waals surface area contributed by atoms with Crippen LogP contribution in [0.25, 0.3) is 0 Å². The van der Waals surface area contributed by atoms with Crippen LogP contribution < -0.4 is 5.32 Å². The average Bonchev–Trinajstić information content (AvgIpc) is 2.47. The summed E-state index contributed by atoms with van der Waals surface area (Å²) in [7, 11) is 0.